The maximum atomic E-state index is 11.2. The Morgan fingerprint density at radius 3 is 2.47 bits per heavy atom. The molecule has 1 N–H and O–H groups in total. The van der Waals surface area contributed by atoms with Crippen molar-refractivity contribution in [2.45, 2.75) is 6.54 Å². The molecule has 0 aliphatic heterocycles. The third-order valence-corrected chi connectivity index (χ3v) is 3.28. The van der Waals surface area contributed by atoms with E-state index in [1.165, 1.54) is 0 Å². The minimum atomic E-state index is -0.929. The molecule has 0 bridgehead atoms. The van der Waals surface area contributed by atoms with Gasteiger partial charge in [0, 0.05) is 18.6 Å². The SMILES string of the molecule is CN(Cc1ccccc1Cl)c1ccccc1C(=O)O. The Balaban J connectivity index is 2.28. The number of carboxylic acids is 1. The molecule has 2 rings (SSSR count). The number of benzene rings is 2. The third kappa shape index (κ3) is 3.06. The first-order chi connectivity index (χ1) is 9.09. The first-order valence-corrected chi connectivity index (χ1v) is 6.24. The van der Waals surface area contributed by atoms with E-state index < -0.39 is 5.97 Å². The van der Waals surface area contributed by atoms with Crippen LogP contribution in [-0.2, 0) is 6.54 Å². The fraction of sp³-hybridized carbons (Fsp3) is 0.133. The lowest BCUT2D eigenvalue weighted by Crippen LogP contribution is -2.19. The van der Waals surface area contributed by atoms with Crippen molar-refractivity contribution in [3.8, 4) is 0 Å². The molecular formula is C15H14ClNO2. The second-order valence-corrected chi connectivity index (χ2v) is 4.68. The van der Waals surface area contributed by atoms with Crippen LogP contribution in [0, 0.1) is 0 Å². The average Bonchev–Trinajstić information content (AvgIpc) is 2.41. The van der Waals surface area contributed by atoms with Crippen LogP contribution in [0.15, 0.2) is 48.5 Å². The first kappa shape index (κ1) is 13.4. The quantitative estimate of drug-likeness (QED) is 0.925. The van der Waals surface area contributed by atoms with Gasteiger partial charge in [-0.3, -0.25) is 0 Å². The zero-order valence-electron chi connectivity index (χ0n) is 10.5. The fourth-order valence-corrected chi connectivity index (χ4v) is 2.15. The second-order valence-electron chi connectivity index (χ2n) is 4.27. The summed E-state index contributed by atoms with van der Waals surface area (Å²) in [7, 11) is 1.85. The lowest BCUT2D eigenvalue weighted by molar-refractivity contribution is 0.0697. The van der Waals surface area contributed by atoms with Crippen molar-refractivity contribution in [3.05, 3.63) is 64.7 Å². The molecule has 3 nitrogen and oxygen atoms in total. The zero-order chi connectivity index (χ0) is 13.8. The van der Waals surface area contributed by atoms with Crippen molar-refractivity contribution < 1.29 is 9.90 Å². The van der Waals surface area contributed by atoms with Crippen LogP contribution < -0.4 is 4.90 Å². The molecule has 2 aromatic rings. The fourth-order valence-electron chi connectivity index (χ4n) is 1.95. The number of anilines is 1. The van der Waals surface area contributed by atoms with E-state index in [-0.39, 0.29) is 5.56 Å². The predicted molar refractivity (Wildman–Crippen MR) is 77.0 cm³/mol. The highest BCUT2D eigenvalue weighted by atomic mass is 35.5. The molecule has 0 radical (unpaired) electrons. The van der Waals surface area contributed by atoms with Crippen LogP contribution in [0.1, 0.15) is 15.9 Å². The number of para-hydroxylation sites is 1. The van der Waals surface area contributed by atoms with Crippen molar-refractivity contribution in [1.82, 2.24) is 0 Å². The Hall–Kier alpha value is -2.00. The minimum absolute atomic E-state index is 0.289. The minimum Gasteiger partial charge on any atom is -0.478 e. The van der Waals surface area contributed by atoms with E-state index in [2.05, 4.69) is 0 Å². The van der Waals surface area contributed by atoms with Crippen molar-refractivity contribution in [1.29, 1.82) is 0 Å². The molecule has 0 atom stereocenters. The van der Waals surface area contributed by atoms with Crippen LogP contribution in [0.4, 0.5) is 5.69 Å². The van der Waals surface area contributed by atoms with E-state index in [1.54, 1.807) is 18.2 Å². The molecule has 0 fully saturated rings. The van der Waals surface area contributed by atoms with E-state index in [1.807, 2.05) is 42.3 Å². The van der Waals surface area contributed by atoms with Gasteiger partial charge in [0.25, 0.3) is 0 Å². The molecule has 98 valence electrons. The van der Waals surface area contributed by atoms with Crippen LogP contribution in [0.5, 0.6) is 0 Å². The molecule has 0 spiro atoms. The summed E-state index contributed by atoms with van der Waals surface area (Å²) < 4.78 is 0. The Bertz CT molecular complexity index is 598. The largest absolute Gasteiger partial charge is 0.478 e. The molecular weight excluding hydrogens is 262 g/mol. The lowest BCUT2D eigenvalue weighted by Gasteiger charge is -2.21. The zero-order valence-corrected chi connectivity index (χ0v) is 11.3. The van der Waals surface area contributed by atoms with Gasteiger partial charge in [-0.2, -0.15) is 0 Å². The average molecular weight is 276 g/mol. The highest BCUT2D eigenvalue weighted by Crippen LogP contribution is 2.23. The van der Waals surface area contributed by atoms with Crippen LogP contribution in [0.3, 0.4) is 0 Å². The smallest absolute Gasteiger partial charge is 0.337 e. The van der Waals surface area contributed by atoms with E-state index in [4.69, 9.17) is 11.6 Å². The lowest BCUT2D eigenvalue weighted by atomic mass is 10.1. The van der Waals surface area contributed by atoms with Crippen molar-refractivity contribution in [3.63, 3.8) is 0 Å². The molecule has 0 aliphatic carbocycles. The highest BCUT2D eigenvalue weighted by molar-refractivity contribution is 6.31. The number of aromatic carboxylic acids is 1. The number of carbonyl (C=O) groups is 1. The van der Waals surface area contributed by atoms with Gasteiger partial charge in [0.15, 0.2) is 0 Å². The van der Waals surface area contributed by atoms with Crippen molar-refractivity contribution >= 4 is 23.3 Å². The van der Waals surface area contributed by atoms with Crippen molar-refractivity contribution in [2.75, 3.05) is 11.9 Å². The van der Waals surface area contributed by atoms with Crippen LogP contribution in [-0.4, -0.2) is 18.1 Å². The third-order valence-electron chi connectivity index (χ3n) is 2.91. The summed E-state index contributed by atoms with van der Waals surface area (Å²) in [6.07, 6.45) is 0. The molecule has 19 heavy (non-hydrogen) atoms. The summed E-state index contributed by atoms with van der Waals surface area (Å²) in [5.74, 6) is -0.929. The number of rotatable bonds is 4. The Morgan fingerprint density at radius 1 is 1.16 bits per heavy atom. The van der Waals surface area contributed by atoms with E-state index >= 15 is 0 Å². The molecule has 0 aromatic heterocycles. The van der Waals surface area contributed by atoms with Gasteiger partial charge in [-0.25, -0.2) is 4.79 Å². The normalized spacial score (nSPS) is 10.2. The molecule has 0 aliphatic rings. The van der Waals surface area contributed by atoms with Gasteiger partial charge in [-0.1, -0.05) is 41.9 Å². The van der Waals surface area contributed by atoms with Gasteiger partial charge in [-0.15, -0.1) is 0 Å². The summed E-state index contributed by atoms with van der Waals surface area (Å²) in [6, 6.07) is 14.5. The maximum Gasteiger partial charge on any atom is 0.337 e. The predicted octanol–water partition coefficient (Wildman–Crippen LogP) is 3.67. The van der Waals surface area contributed by atoms with Crippen molar-refractivity contribution in [2.24, 2.45) is 0 Å². The number of nitrogens with zero attached hydrogens (tertiary/aromatic N) is 1. The van der Waals surface area contributed by atoms with E-state index in [9.17, 15) is 9.90 Å². The summed E-state index contributed by atoms with van der Waals surface area (Å²) in [6.45, 7) is 0.559. The van der Waals surface area contributed by atoms with Crippen LogP contribution in [0.2, 0.25) is 5.02 Å². The summed E-state index contributed by atoms with van der Waals surface area (Å²) in [5, 5.41) is 9.87. The van der Waals surface area contributed by atoms with Gasteiger partial charge in [0.2, 0.25) is 0 Å². The molecule has 0 saturated heterocycles. The Kier molecular flexibility index (Phi) is 4.07. The summed E-state index contributed by atoms with van der Waals surface area (Å²) in [4.78, 5) is 13.1. The van der Waals surface area contributed by atoms with Gasteiger partial charge < -0.3 is 10.0 Å². The Labute approximate surface area is 117 Å². The number of hydrogen-bond acceptors (Lipinski definition) is 2. The summed E-state index contributed by atoms with van der Waals surface area (Å²) in [5.41, 5.74) is 1.93. The highest BCUT2D eigenvalue weighted by Gasteiger charge is 2.13. The molecule has 0 unspecified atom stereocenters. The molecule has 0 saturated carbocycles. The number of halogens is 1. The number of carboxylic acid groups (broad SMARTS) is 1. The standard InChI is InChI=1S/C15H14ClNO2/c1-17(10-11-6-2-4-8-13(11)16)14-9-5-3-7-12(14)15(18)19/h2-9H,10H2,1H3,(H,18,19). The maximum absolute atomic E-state index is 11.2. The van der Waals surface area contributed by atoms with E-state index in [0.717, 1.165) is 5.56 Å². The molecule has 0 heterocycles. The van der Waals surface area contributed by atoms with Gasteiger partial charge in [-0.05, 0) is 23.8 Å². The molecule has 4 heteroatoms. The van der Waals surface area contributed by atoms with E-state index in [0.29, 0.717) is 17.3 Å². The topological polar surface area (TPSA) is 40.5 Å². The van der Waals surface area contributed by atoms with Crippen LogP contribution >= 0.6 is 11.6 Å². The van der Waals surface area contributed by atoms with Crippen LogP contribution in [0.25, 0.3) is 0 Å². The first-order valence-electron chi connectivity index (χ1n) is 5.86. The number of hydrogen-bond donors (Lipinski definition) is 1. The second kappa shape index (κ2) is 5.76. The molecule has 2 aromatic carbocycles. The molecule has 0 amide bonds. The van der Waals surface area contributed by atoms with Gasteiger partial charge >= 0.3 is 5.97 Å². The summed E-state index contributed by atoms with van der Waals surface area (Å²) >= 11 is 6.12. The van der Waals surface area contributed by atoms with Gasteiger partial charge in [0.05, 0.1) is 11.3 Å². The Morgan fingerprint density at radius 2 is 1.79 bits per heavy atom. The van der Waals surface area contributed by atoms with Gasteiger partial charge in [0.1, 0.15) is 0 Å². The monoisotopic (exact) mass is 275 g/mol.